The second-order valence-electron chi connectivity index (χ2n) is 8.29. The fourth-order valence-corrected chi connectivity index (χ4v) is 4.50. The van der Waals surface area contributed by atoms with E-state index in [0.29, 0.717) is 35.0 Å². The first-order valence-corrected chi connectivity index (χ1v) is 12.2. The van der Waals surface area contributed by atoms with Crippen molar-refractivity contribution in [1.82, 2.24) is 4.90 Å². The first kappa shape index (κ1) is 25.1. The van der Waals surface area contributed by atoms with Gasteiger partial charge in [0.1, 0.15) is 6.04 Å². The van der Waals surface area contributed by atoms with Crippen LogP contribution < -0.4 is 10.2 Å². The summed E-state index contributed by atoms with van der Waals surface area (Å²) in [7, 11) is 0. The Kier molecular flexibility index (Phi) is 8.07. The van der Waals surface area contributed by atoms with Gasteiger partial charge in [0.2, 0.25) is 5.91 Å². The van der Waals surface area contributed by atoms with Gasteiger partial charge in [-0.3, -0.25) is 14.5 Å². The van der Waals surface area contributed by atoms with Crippen LogP contribution in [-0.2, 0) is 20.7 Å². The number of benzene rings is 3. The highest BCUT2D eigenvalue weighted by atomic mass is 32.1. The number of nitrogens with one attached hydrogen (secondary N) is 1. The molecule has 3 aromatic rings. The molecule has 1 fully saturated rings. The molecule has 0 bridgehead atoms. The van der Waals surface area contributed by atoms with Crippen molar-refractivity contribution in [3.8, 4) is 0 Å². The van der Waals surface area contributed by atoms with Crippen molar-refractivity contribution in [3.05, 3.63) is 96.1 Å². The summed E-state index contributed by atoms with van der Waals surface area (Å²) in [5.41, 5.74) is 2.70. The van der Waals surface area contributed by atoms with Crippen LogP contribution in [0.25, 0.3) is 0 Å². The Bertz CT molecular complexity index is 1230. The molecule has 0 aromatic heterocycles. The van der Waals surface area contributed by atoms with Crippen LogP contribution in [0.2, 0.25) is 0 Å². The van der Waals surface area contributed by atoms with Gasteiger partial charge >= 0.3 is 5.97 Å². The van der Waals surface area contributed by atoms with Crippen LogP contribution in [-0.4, -0.2) is 47.0 Å². The fraction of sp³-hybridized carbons (Fsp3) is 0.214. The molecule has 0 spiro atoms. The van der Waals surface area contributed by atoms with Gasteiger partial charge in [0.05, 0.1) is 24.3 Å². The van der Waals surface area contributed by atoms with E-state index in [-0.39, 0.29) is 24.8 Å². The van der Waals surface area contributed by atoms with Crippen LogP contribution in [0.15, 0.2) is 84.9 Å². The zero-order chi connectivity index (χ0) is 25.5. The molecule has 7 nitrogen and oxygen atoms in total. The lowest BCUT2D eigenvalue weighted by atomic mass is 10.1. The van der Waals surface area contributed by atoms with Crippen molar-refractivity contribution in [2.75, 3.05) is 23.4 Å². The molecule has 0 aliphatic carbocycles. The number of hydrogen-bond acceptors (Lipinski definition) is 5. The quantitative estimate of drug-likeness (QED) is 0.345. The van der Waals surface area contributed by atoms with E-state index >= 15 is 0 Å². The number of carbonyl (C=O) groups is 3. The lowest BCUT2D eigenvalue weighted by Gasteiger charge is -2.24. The van der Waals surface area contributed by atoms with Gasteiger partial charge in [0.25, 0.3) is 5.91 Å². The highest BCUT2D eigenvalue weighted by molar-refractivity contribution is 7.80. The van der Waals surface area contributed by atoms with E-state index in [1.54, 1.807) is 43.3 Å². The molecule has 0 radical (unpaired) electrons. The summed E-state index contributed by atoms with van der Waals surface area (Å²) < 4.78 is 5.04. The van der Waals surface area contributed by atoms with Gasteiger partial charge in [0, 0.05) is 12.2 Å². The summed E-state index contributed by atoms with van der Waals surface area (Å²) in [6, 6.07) is 24.8. The molecule has 3 aromatic carbocycles. The van der Waals surface area contributed by atoms with Crippen LogP contribution in [0.1, 0.15) is 29.3 Å². The molecule has 4 rings (SSSR count). The number of nitrogens with zero attached hydrogens (tertiary/aromatic N) is 2. The van der Waals surface area contributed by atoms with Crippen molar-refractivity contribution in [2.24, 2.45) is 0 Å². The molecule has 1 unspecified atom stereocenters. The van der Waals surface area contributed by atoms with Crippen molar-refractivity contribution in [2.45, 2.75) is 25.8 Å². The second kappa shape index (κ2) is 11.6. The van der Waals surface area contributed by atoms with Crippen molar-refractivity contribution < 1.29 is 19.1 Å². The average molecular weight is 502 g/mol. The molecular formula is C28H27N3O4S. The summed E-state index contributed by atoms with van der Waals surface area (Å²) >= 11 is 5.73. The number of rotatable bonds is 9. The Morgan fingerprint density at radius 2 is 1.58 bits per heavy atom. The maximum absolute atomic E-state index is 13.6. The van der Waals surface area contributed by atoms with E-state index in [4.69, 9.17) is 17.0 Å². The van der Waals surface area contributed by atoms with Crippen LogP contribution in [0.3, 0.4) is 0 Å². The Morgan fingerprint density at radius 3 is 2.22 bits per heavy atom. The van der Waals surface area contributed by atoms with Crippen molar-refractivity contribution in [3.63, 3.8) is 0 Å². The number of anilines is 2. The predicted molar refractivity (Wildman–Crippen MR) is 143 cm³/mol. The normalized spacial score (nSPS) is 15.2. The molecule has 1 heterocycles. The summed E-state index contributed by atoms with van der Waals surface area (Å²) in [4.78, 5) is 41.7. The summed E-state index contributed by atoms with van der Waals surface area (Å²) in [5.74, 6) is -0.981. The Balaban J connectivity index is 1.55. The molecule has 1 atom stereocenters. The van der Waals surface area contributed by atoms with E-state index < -0.39 is 12.0 Å². The molecule has 0 saturated carbocycles. The Morgan fingerprint density at radius 1 is 0.944 bits per heavy atom. The first-order chi connectivity index (χ1) is 17.5. The number of esters is 1. The Hall–Kier alpha value is -4.04. The third kappa shape index (κ3) is 5.78. The number of thiocarbonyl (C=S) groups is 1. The number of hydrogen-bond donors (Lipinski definition) is 1. The van der Waals surface area contributed by atoms with Crippen molar-refractivity contribution in [1.29, 1.82) is 0 Å². The highest BCUT2D eigenvalue weighted by Gasteiger charge is 2.43. The number of ether oxygens (including phenoxy) is 1. The van der Waals surface area contributed by atoms with Gasteiger partial charge in [0.15, 0.2) is 5.11 Å². The van der Waals surface area contributed by atoms with Crippen LogP contribution >= 0.6 is 12.2 Å². The SMILES string of the molecule is CCOC(=O)c1ccc(N2C(=O)C(CC(=O)Nc3ccccc3)N(CCc3ccccc3)C2=S)cc1. The fourth-order valence-electron chi connectivity index (χ4n) is 4.09. The molecule has 2 amide bonds. The maximum Gasteiger partial charge on any atom is 0.338 e. The summed E-state index contributed by atoms with van der Waals surface area (Å²) in [6.07, 6.45) is 0.626. The van der Waals surface area contributed by atoms with Crippen LogP contribution in [0, 0.1) is 0 Å². The average Bonchev–Trinajstić information content (AvgIpc) is 3.12. The van der Waals surface area contributed by atoms with E-state index in [1.807, 2.05) is 53.4 Å². The highest BCUT2D eigenvalue weighted by Crippen LogP contribution is 2.28. The van der Waals surface area contributed by atoms with E-state index in [1.165, 1.54) is 4.90 Å². The van der Waals surface area contributed by atoms with Gasteiger partial charge in [-0.25, -0.2) is 4.79 Å². The minimum absolute atomic E-state index is 0.0416. The summed E-state index contributed by atoms with van der Waals surface area (Å²) in [5, 5.41) is 3.18. The lowest BCUT2D eigenvalue weighted by molar-refractivity contribution is -0.124. The van der Waals surface area contributed by atoms with Gasteiger partial charge in [-0.1, -0.05) is 48.5 Å². The second-order valence-corrected chi connectivity index (χ2v) is 8.65. The van der Waals surface area contributed by atoms with E-state index in [9.17, 15) is 14.4 Å². The topological polar surface area (TPSA) is 78.9 Å². The summed E-state index contributed by atoms with van der Waals surface area (Å²) in [6.45, 7) is 2.50. The smallest absolute Gasteiger partial charge is 0.338 e. The lowest BCUT2D eigenvalue weighted by Crippen LogP contribution is -2.39. The minimum Gasteiger partial charge on any atom is -0.462 e. The molecule has 184 valence electrons. The third-order valence-electron chi connectivity index (χ3n) is 5.88. The molecule has 1 aliphatic heterocycles. The largest absolute Gasteiger partial charge is 0.462 e. The van der Waals surface area contributed by atoms with Gasteiger partial charge < -0.3 is 15.0 Å². The molecule has 8 heteroatoms. The Labute approximate surface area is 215 Å². The standard InChI is InChI=1S/C28H27N3O4S/c1-2-35-27(34)21-13-15-23(16-14-21)31-26(33)24(19-25(32)29-22-11-7-4-8-12-22)30(28(31)36)18-17-20-9-5-3-6-10-20/h3-16,24H,2,17-19H2,1H3,(H,29,32). The zero-order valence-electron chi connectivity index (χ0n) is 19.9. The monoisotopic (exact) mass is 501 g/mol. The molecule has 1 aliphatic rings. The number of amides is 2. The van der Waals surface area contributed by atoms with E-state index in [2.05, 4.69) is 5.32 Å². The zero-order valence-corrected chi connectivity index (χ0v) is 20.7. The molecule has 1 N–H and O–H groups in total. The van der Waals surface area contributed by atoms with Gasteiger partial charge in [-0.2, -0.15) is 0 Å². The van der Waals surface area contributed by atoms with Crippen LogP contribution in [0.4, 0.5) is 11.4 Å². The van der Waals surface area contributed by atoms with Crippen LogP contribution in [0.5, 0.6) is 0 Å². The number of carbonyl (C=O) groups excluding carboxylic acids is 3. The number of para-hydroxylation sites is 1. The molecule has 1 saturated heterocycles. The third-order valence-corrected chi connectivity index (χ3v) is 6.29. The first-order valence-electron chi connectivity index (χ1n) is 11.8. The molecule has 36 heavy (non-hydrogen) atoms. The van der Waals surface area contributed by atoms with Gasteiger partial charge in [-0.05, 0) is 67.5 Å². The predicted octanol–water partition coefficient (Wildman–Crippen LogP) is 4.44. The van der Waals surface area contributed by atoms with E-state index in [0.717, 1.165) is 5.56 Å². The minimum atomic E-state index is -0.741. The maximum atomic E-state index is 13.6. The van der Waals surface area contributed by atoms with Crippen molar-refractivity contribution >= 4 is 46.5 Å². The van der Waals surface area contributed by atoms with Gasteiger partial charge in [-0.15, -0.1) is 0 Å². The molecular weight excluding hydrogens is 474 g/mol.